The molecular weight excluding hydrogens is 454 g/mol. The van der Waals surface area contributed by atoms with Crippen molar-refractivity contribution in [2.75, 3.05) is 31.4 Å². The summed E-state index contributed by atoms with van der Waals surface area (Å²) in [6.45, 7) is 0. The van der Waals surface area contributed by atoms with E-state index in [4.69, 9.17) is 22.8 Å². The molecule has 0 radical (unpaired) electrons. The summed E-state index contributed by atoms with van der Waals surface area (Å²) in [5.41, 5.74) is 2.13. The number of carbonyl (C=O) groups excluding carboxylic acids is 2. The maximum Gasteiger partial charge on any atom is 0.259 e. The van der Waals surface area contributed by atoms with Gasteiger partial charge in [-0.25, -0.2) is 4.98 Å². The zero-order valence-electron chi connectivity index (χ0n) is 18.8. The molecule has 9 heteroatoms. The van der Waals surface area contributed by atoms with Gasteiger partial charge in [-0.2, -0.15) is 5.10 Å². The third-order valence-electron chi connectivity index (χ3n) is 4.63. The Hall–Kier alpha value is -4.35. The number of hydrogen-bond acceptors (Lipinski definition) is 6. The van der Waals surface area contributed by atoms with E-state index in [1.54, 1.807) is 53.7 Å². The summed E-state index contributed by atoms with van der Waals surface area (Å²) in [7, 11) is 5.07. The molecule has 0 aliphatic rings. The Morgan fingerprint density at radius 2 is 1.94 bits per heavy atom. The predicted molar refractivity (Wildman–Crippen MR) is 134 cm³/mol. The highest BCUT2D eigenvalue weighted by Gasteiger charge is 2.24. The Balaban J connectivity index is 2.07. The molecule has 172 valence electrons. The molecule has 1 heterocycles. The molecule has 2 aromatic carbocycles. The van der Waals surface area contributed by atoms with Crippen LogP contribution in [0.2, 0.25) is 5.02 Å². The Bertz CT molecular complexity index is 1250. The van der Waals surface area contributed by atoms with Crippen molar-refractivity contribution in [2.24, 2.45) is 5.10 Å². The van der Waals surface area contributed by atoms with Crippen molar-refractivity contribution in [1.82, 2.24) is 9.99 Å². The van der Waals surface area contributed by atoms with Crippen LogP contribution >= 0.6 is 11.6 Å². The minimum Gasteiger partial charge on any atom is -0.494 e. The van der Waals surface area contributed by atoms with Crippen molar-refractivity contribution in [3.05, 3.63) is 76.4 Å². The molecule has 8 nitrogen and oxygen atoms in total. The Morgan fingerprint density at radius 3 is 2.50 bits per heavy atom. The van der Waals surface area contributed by atoms with Crippen LogP contribution in [0, 0.1) is 12.3 Å². The number of hydrazone groups is 1. The normalized spacial score (nSPS) is 10.4. The second-order valence-corrected chi connectivity index (χ2v) is 7.63. The number of amides is 2. The number of halogens is 1. The number of pyridine rings is 1. The van der Waals surface area contributed by atoms with E-state index < -0.39 is 5.91 Å². The SMILES string of the molecule is C#Cc1cc(OC)c(N(C=O)c2ccc(C=NN(C)C)cc2)c(C(=O)Nc2ccc(Cl)cn2)c1. The lowest BCUT2D eigenvalue weighted by atomic mass is 10.0. The number of hydrogen-bond donors (Lipinski definition) is 1. The van der Waals surface area contributed by atoms with Crippen molar-refractivity contribution in [1.29, 1.82) is 0 Å². The van der Waals surface area contributed by atoms with Crippen molar-refractivity contribution in [2.45, 2.75) is 0 Å². The molecule has 0 spiro atoms. The summed E-state index contributed by atoms with van der Waals surface area (Å²) in [5.74, 6) is 2.52. The average Bonchev–Trinajstić information content (AvgIpc) is 2.85. The van der Waals surface area contributed by atoms with E-state index >= 15 is 0 Å². The number of anilines is 3. The summed E-state index contributed by atoms with van der Waals surface area (Å²) in [6.07, 6.45) is 9.29. The zero-order valence-corrected chi connectivity index (χ0v) is 19.6. The second-order valence-electron chi connectivity index (χ2n) is 7.19. The van der Waals surface area contributed by atoms with E-state index in [9.17, 15) is 9.59 Å². The molecule has 0 bridgehead atoms. The fourth-order valence-corrected chi connectivity index (χ4v) is 3.16. The third-order valence-corrected chi connectivity index (χ3v) is 4.85. The average molecular weight is 476 g/mol. The summed E-state index contributed by atoms with van der Waals surface area (Å²) < 4.78 is 5.50. The van der Waals surface area contributed by atoms with E-state index in [1.165, 1.54) is 24.3 Å². The van der Waals surface area contributed by atoms with Crippen molar-refractivity contribution < 1.29 is 14.3 Å². The number of benzene rings is 2. The van der Waals surface area contributed by atoms with Gasteiger partial charge in [0.25, 0.3) is 5.91 Å². The Labute approximate surface area is 202 Å². The quantitative estimate of drug-likeness (QED) is 0.229. The van der Waals surface area contributed by atoms with Crippen LogP contribution in [0.25, 0.3) is 0 Å². The van der Waals surface area contributed by atoms with Crippen LogP contribution < -0.4 is 15.0 Å². The first-order chi connectivity index (χ1) is 16.4. The highest BCUT2D eigenvalue weighted by atomic mass is 35.5. The number of terminal acetylenes is 1. The number of aromatic nitrogens is 1. The van der Waals surface area contributed by atoms with Gasteiger partial charge >= 0.3 is 0 Å². The molecule has 1 N–H and O–H groups in total. The molecule has 34 heavy (non-hydrogen) atoms. The van der Waals surface area contributed by atoms with Crippen LogP contribution in [0.4, 0.5) is 17.2 Å². The van der Waals surface area contributed by atoms with Gasteiger partial charge in [0.1, 0.15) is 17.3 Å². The first kappa shape index (κ1) is 24.3. The number of methoxy groups -OCH3 is 1. The maximum absolute atomic E-state index is 13.2. The maximum atomic E-state index is 13.2. The van der Waals surface area contributed by atoms with Gasteiger partial charge in [-0.15, -0.1) is 6.42 Å². The van der Waals surface area contributed by atoms with Crippen LogP contribution in [-0.4, -0.2) is 49.7 Å². The molecule has 0 aliphatic carbocycles. The van der Waals surface area contributed by atoms with Crippen LogP contribution in [0.1, 0.15) is 21.5 Å². The number of nitrogens with zero attached hydrogens (tertiary/aromatic N) is 4. The fraction of sp³-hybridized carbons (Fsp3) is 0.120. The lowest BCUT2D eigenvalue weighted by molar-refractivity contribution is -0.106. The summed E-state index contributed by atoms with van der Waals surface area (Å²) >= 11 is 5.87. The molecule has 3 rings (SSSR count). The standard InChI is InChI=1S/C25H22ClN5O3/c1-5-17-12-21(25(33)29-23-11-8-19(26)15-27-23)24(22(13-17)34-4)31(16-32)20-9-6-18(7-10-20)14-28-30(2)3/h1,6-16H,2-4H3,(H,27,29,33). The third kappa shape index (κ3) is 5.71. The molecule has 1 aromatic heterocycles. The highest BCUT2D eigenvalue weighted by Crippen LogP contribution is 2.37. The van der Waals surface area contributed by atoms with Gasteiger partial charge < -0.3 is 15.1 Å². The largest absolute Gasteiger partial charge is 0.494 e. The van der Waals surface area contributed by atoms with Gasteiger partial charge in [0.15, 0.2) is 0 Å². The molecule has 0 saturated carbocycles. The van der Waals surface area contributed by atoms with E-state index in [0.717, 1.165) is 5.56 Å². The van der Waals surface area contributed by atoms with Crippen molar-refractivity contribution >= 4 is 47.3 Å². The van der Waals surface area contributed by atoms with E-state index in [-0.39, 0.29) is 22.8 Å². The zero-order chi connectivity index (χ0) is 24.7. The molecule has 2 amide bonds. The smallest absolute Gasteiger partial charge is 0.259 e. The van der Waals surface area contributed by atoms with E-state index in [0.29, 0.717) is 22.7 Å². The van der Waals surface area contributed by atoms with Gasteiger partial charge in [0.2, 0.25) is 6.41 Å². The van der Waals surface area contributed by atoms with Crippen LogP contribution in [0.5, 0.6) is 5.75 Å². The number of carbonyl (C=O) groups is 2. The number of rotatable bonds is 8. The number of nitrogens with one attached hydrogen (secondary N) is 1. The van der Waals surface area contributed by atoms with Crippen molar-refractivity contribution in [3.63, 3.8) is 0 Å². The molecule has 0 atom stereocenters. The molecule has 0 unspecified atom stereocenters. The van der Waals surface area contributed by atoms with E-state index in [2.05, 4.69) is 21.3 Å². The van der Waals surface area contributed by atoms with Gasteiger partial charge in [0.05, 0.1) is 23.9 Å². The van der Waals surface area contributed by atoms with Crippen molar-refractivity contribution in [3.8, 4) is 18.1 Å². The monoisotopic (exact) mass is 475 g/mol. The molecular formula is C25H22ClN5O3. The molecule has 0 fully saturated rings. The topological polar surface area (TPSA) is 87.1 Å². The van der Waals surface area contributed by atoms with Crippen LogP contribution in [0.15, 0.2) is 59.8 Å². The summed E-state index contributed by atoms with van der Waals surface area (Å²) in [6, 6.07) is 13.3. The van der Waals surface area contributed by atoms with Crippen LogP contribution in [-0.2, 0) is 4.79 Å². The summed E-state index contributed by atoms with van der Waals surface area (Å²) in [5, 5.41) is 9.00. The molecule has 3 aromatic rings. The minimum atomic E-state index is -0.526. The first-order valence-corrected chi connectivity index (χ1v) is 10.4. The lowest BCUT2D eigenvalue weighted by Crippen LogP contribution is -2.22. The fourth-order valence-electron chi connectivity index (χ4n) is 3.05. The summed E-state index contributed by atoms with van der Waals surface area (Å²) in [4.78, 5) is 30.9. The highest BCUT2D eigenvalue weighted by molar-refractivity contribution is 6.30. The predicted octanol–water partition coefficient (Wildman–Crippen LogP) is 4.17. The molecule has 0 saturated heterocycles. The van der Waals surface area contributed by atoms with Gasteiger partial charge in [0, 0.05) is 31.5 Å². The van der Waals surface area contributed by atoms with Gasteiger partial charge in [-0.05, 0) is 42.0 Å². The Morgan fingerprint density at radius 1 is 1.21 bits per heavy atom. The van der Waals surface area contributed by atoms with Gasteiger partial charge in [-0.3, -0.25) is 14.5 Å². The Kier molecular flexibility index (Phi) is 7.85. The second kappa shape index (κ2) is 11.0. The van der Waals surface area contributed by atoms with E-state index in [1.807, 2.05) is 14.1 Å². The van der Waals surface area contributed by atoms with Crippen LogP contribution in [0.3, 0.4) is 0 Å². The van der Waals surface area contributed by atoms with Gasteiger partial charge in [-0.1, -0.05) is 29.7 Å². The minimum absolute atomic E-state index is 0.134. The lowest BCUT2D eigenvalue weighted by Gasteiger charge is -2.23. The number of ether oxygens (including phenoxy) is 1. The molecule has 0 aliphatic heterocycles. The first-order valence-electron chi connectivity index (χ1n) is 10.0.